The van der Waals surface area contributed by atoms with Gasteiger partial charge in [0.2, 0.25) is 0 Å². The average Bonchev–Trinajstić information content (AvgIpc) is 3.05. The largest absolute Gasteiger partial charge is 0.370 e. The van der Waals surface area contributed by atoms with E-state index in [1.165, 1.54) is 34.8 Å². The van der Waals surface area contributed by atoms with E-state index in [1.54, 1.807) is 12.4 Å². The van der Waals surface area contributed by atoms with Gasteiger partial charge in [-0.3, -0.25) is 4.98 Å². The van der Waals surface area contributed by atoms with Crippen molar-refractivity contribution >= 4 is 17.2 Å². The van der Waals surface area contributed by atoms with E-state index in [4.69, 9.17) is 4.98 Å². The fourth-order valence-corrected chi connectivity index (χ4v) is 4.25. The number of nitrogens with zero attached hydrogens (tertiary/aromatic N) is 4. The van der Waals surface area contributed by atoms with Crippen LogP contribution in [-0.4, -0.2) is 26.5 Å². The van der Waals surface area contributed by atoms with Gasteiger partial charge < -0.3 is 5.32 Å². The summed E-state index contributed by atoms with van der Waals surface area (Å²) in [6, 6.07) is 5.86. The molecule has 4 rings (SSSR count). The van der Waals surface area contributed by atoms with Crippen LogP contribution in [0, 0.1) is 6.92 Å². The lowest BCUT2D eigenvalue weighted by molar-refractivity contribution is 0.680. The van der Waals surface area contributed by atoms with Gasteiger partial charge in [-0.25, -0.2) is 15.0 Å². The van der Waals surface area contributed by atoms with Crippen molar-refractivity contribution in [3.05, 3.63) is 51.9 Å². The lowest BCUT2D eigenvalue weighted by Crippen LogP contribution is -2.08. The molecule has 0 unspecified atom stereocenters. The molecule has 0 saturated heterocycles. The molecule has 0 aromatic carbocycles. The van der Waals surface area contributed by atoms with Crippen LogP contribution < -0.4 is 5.32 Å². The first-order chi connectivity index (χ1) is 12.3. The molecule has 25 heavy (non-hydrogen) atoms. The van der Waals surface area contributed by atoms with Crippen molar-refractivity contribution < 1.29 is 0 Å². The van der Waals surface area contributed by atoms with Crippen LogP contribution in [0.5, 0.6) is 0 Å². The highest BCUT2D eigenvalue weighted by molar-refractivity contribution is 7.11. The third-order valence-electron chi connectivity index (χ3n) is 4.31. The Kier molecular flexibility index (Phi) is 4.70. The first-order valence-electron chi connectivity index (χ1n) is 8.75. The summed E-state index contributed by atoms with van der Waals surface area (Å²) in [5, 5.41) is 4.65. The minimum Gasteiger partial charge on any atom is -0.370 e. The zero-order valence-corrected chi connectivity index (χ0v) is 15.1. The molecule has 1 N–H and O–H groups in total. The van der Waals surface area contributed by atoms with Gasteiger partial charge in [0.05, 0.1) is 10.7 Å². The van der Waals surface area contributed by atoms with Crippen LogP contribution in [0.2, 0.25) is 0 Å². The Morgan fingerprint density at radius 3 is 2.92 bits per heavy atom. The van der Waals surface area contributed by atoms with Crippen LogP contribution in [0.4, 0.5) is 5.82 Å². The molecule has 3 heterocycles. The maximum absolute atomic E-state index is 4.80. The van der Waals surface area contributed by atoms with E-state index in [9.17, 15) is 0 Å². The Labute approximate surface area is 151 Å². The van der Waals surface area contributed by atoms with E-state index in [2.05, 4.69) is 20.3 Å². The first kappa shape index (κ1) is 16.1. The van der Waals surface area contributed by atoms with Gasteiger partial charge in [0.25, 0.3) is 0 Å². The van der Waals surface area contributed by atoms with Crippen LogP contribution >= 0.6 is 11.3 Å². The van der Waals surface area contributed by atoms with Crippen LogP contribution in [0.25, 0.3) is 11.4 Å². The number of pyridine rings is 1. The standard InChI is InChI=1S/C19H21N5S/c1-13-11-17(24-19(22-13)14-5-4-9-20-12-14)21-10-8-18-23-15-6-2-3-7-16(15)25-18/h4-5,9,11-12H,2-3,6-8,10H2,1H3,(H,21,22,24). The number of thiazole rings is 1. The molecule has 0 amide bonds. The number of aromatic nitrogens is 4. The number of nitrogens with one attached hydrogen (secondary N) is 1. The minimum atomic E-state index is 0.709. The third kappa shape index (κ3) is 3.85. The molecule has 0 spiro atoms. The summed E-state index contributed by atoms with van der Waals surface area (Å²) < 4.78 is 0. The van der Waals surface area contributed by atoms with Gasteiger partial charge in [0, 0.05) is 47.6 Å². The maximum atomic E-state index is 4.80. The Balaban J connectivity index is 1.42. The second-order valence-corrected chi connectivity index (χ2v) is 7.49. The molecule has 3 aromatic rings. The van der Waals surface area contributed by atoms with E-state index in [-0.39, 0.29) is 0 Å². The zero-order valence-electron chi connectivity index (χ0n) is 14.3. The van der Waals surface area contributed by atoms with Gasteiger partial charge in [-0.2, -0.15) is 0 Å². The summed E-state index contributed by atoms with van der Waals surface area (Å²) in [7, 11) is 0. The summed E-state index contributed by atoms with van der Waals surface area (Å²) in [4.78, 5) is 19.6. The average molecular weight is 351 g/mol. The highest BCUT2D eigenvalue weighted by atomic mass is 32.1. The highest BCUT2D eigenvalue weighted by Crippen LogP contribution is 2.27. The first-order valence-corrected chi connectivity index (χ1v) is 9.57. The fraction of sp³-hybridized carbons (Fsp3) is 0.368. The molecule has 0 atom stereocenters. The van der Waals surface area contributed by atoms with Crippen LogP contribution in [-0.2, 0) is 19.3 Å². The van der Waals surface area contributed by atoms with Gasteiger partial charge in [-0.15, -0.1) is 11.3 Å². The Morgan fingerprint density at radius 1 is 1.16 bits per heavy atom. The van der Waals surface area contributed by atoms with Crippen molar-refractivity contribution in [1.82, 2.24) is 19.9 Å². The normalized spacial score (nSPS) is 13.5. The molecule has 0 fully saturated rings. The van der Waals surface area contributed by atoms with E-state index >= 15 is 0 Å². The molecule has 5 nitrogen and oxygen atoms in total. The van der Waals surface area contributed by atoms with Crippen molar-refractivity contribution in [1.29, 1.82) is 0 Å². The van der Waals surface area contributed by atoms with E-state index in [1.807, 2.05) is 36.5 Å². The predicted octanol–water partition coefficient (Wildman–Crippen LogP) is 3.84. The highest BCUT2D eigenvalue weighted by Gasteiger charge is 2.14. The zero-order chi connectivity index (χ0) is 17.1. The molecular weight excluding hydrogens is 330 g/mol. The minimum absolute atomic E-state index is 0.709. The summed E-state index contributed by atoms with van der Waals surface area (Å²) >= 11 is 1.88. The van der Waals surface area contributed by atoms with Crippen molar-refractivity contribution in [2.24, 2.45) is 0 Å². The van der Waals surface area contributed by atoms with E-state index in [0.717, 1.165) is 36.5 Å². The number of hydrogen-bond acceptors (Lipinski definition) is 6. The molecule has 3 aromatic heterocycles. The molecule has 0 radical (unpaired) electrons. The van der Waals surface area contributed by atoms with Gasteiger partial charge >= 0.3 is 0 Å². The maximum Gasteiger partial charge on any atom is 0.163 e. The molecule has 6 heteroatoms. The van der Waals surface area contributed by atoms with Gasteiger partial charge in [-0.1, -0.05) is 0 Å². The Bertz CT molecular complexity index is 836. The van der Waals surface area contributed by atoms with E-state index < -0.39 is 0 Å². The van der Waals surface area contributed by atoms with Crippen molar-refractivity contribution in [3.63, 3.8) is 0 Å². The topological polar surface area (TPSA) is 63.6 Å². The molecule has 1 aliphatic carbocycles. The van der Waals surface area contributed by atoms with Crippen molar-refractivity contribution in [2.75, 3.05) is 11.9 Å². The SMILES string of the molecule is Cc1cc(NCCc2nc3c(s2)CCCC3)nc(-c2cccnc2)n1. The molecular formula is C19H21N5S. The Morgan fingerprint density at radius 2 is 2.08 bits per heavy atom. The summed E-state index contributed by atoms with van der Waals surface area (Å²) in [5.74, 6) is 1.56. The smallest absolute Gasteiger partial charge is 0.163 e. The molecule has 128 valence electrons. The Hall–Kier alpha value is -2.34. The predicted molar refractivity (Wildman–Crippen MR) is 101 cm³/mol. The van der Waals surface area contributed by atoms with E-state index in [0.29, 0.717) is 5.82 Å². The number of aryl methyl sites for hydroxylation is 3. The second-order valence-electron chi connectivity index (χ2n) is 6.32. The molecule has 0 saturated carbocycles. The quantitative estimate of drug-likeness (QED) is 0.757. The molecule has 0 aliphatic heterocycles. The van der Waals surface area contributed by atoms with Crippen molar-refractivity contribution in [3.8, 4) is 11.4 Å². The monoisotopic (exact) mass is 351 g/mol. The summed E-state index contributed by atoms with van der Waals surface area (Å²) in [6.45, 7) is 2.82. The lowest BCUT2D eigenvalue weighted by atomic mass is 10.0. The lowest BCUT2D eigenvalue weighted by Gasteiger charge is -2.08. The van der Waals surface area contributed by atoms with Gasteiger partial charge in [0.1, 0.15) is 5.82 Å². The number of rotatable bonds is 5. The molecule has 0 bridgehead atoms. The fourth-order valence-electron chi connectivity index (χ4n) is 3.09. The van der Waals surface area contributed by atoms with Gasteiger partial charge in [-0.05, 0) is 44.7 Å². The summed E-state index contributed by atoms with van der Waals surface area (Å²) in [5.41, 5.74) is 3.21. The molecule has 1 aliphatic rings. The van der Waals surface area contributed by atoms with Crippen molar-refractivity contribution in [2.45, 2.75) is 39.0 Å². The van der Waals surface area contributed by atoms with Crippen LogP contribution in [0.15, 0.2) is 30.6 Å². The number of anilines is 1. The van der Waals surface area contributed by atoms with Crippen LogP contribution in [0.3, 0.4) is 0 Å². The van der Waals surface area contributed by atoms with Crippen LogP contribution in [0.1, 0.15) is 34.1 Å². The van der Waals surface area contributed by atoms with Gasteiger partial charge in [0.15, 0.2) is 5.82 Å². The second kappa shape index (κ2) is 7.27. The number of hydrogen-bond donors (Lipinski definition) is 1. The number of fused-ring (bicyclic) bond motifs is 1. The summed E-state index contributed by atoms with van der Waals surface area (Å²) in [6.07, 6.45) is 9.43. The third-order valence-corrected chi connectivity index (χ3v) is 5.53.